The first-order valence-corrected chi connectivity index (χ1v) is 3.46. The number of hydrogen-bond donors (Lipinski definition) is 0. The molecule has 0 aliphatic carbocycles. The topological polar surface area (TPSA) is 9.23 Å². The van der Waals surface area contributed by atoms with Crippen LogP contribution in [0.1, 0.15) is 0 Å². The summed E-state index contributed by atoms with van der Waals surface area (Å²) in [6, 6.07) is 0. The van der Waals surface area contributed by atoms with E-state index in [1.54, 1.807) is 0 Å². The molecule has 2 fully saturated rings. The van der Waals surface area contributed by atoms with Crippen molar-refractivity contribution in [2.45, 2.75) is 11.1 Å². The Balaban J connectivity index is 2.09. The normalized spacial score (nSPS) is 52.0. The molecule has 0 aromatic carbocycles. The number of hydrogen-bond acceptors (Lipinski definition) is 1. The lowest BCUT2D eigenvalue weighted by Crippen LogP contribution is -1.88. The molecule has 2 aliphatic heterocycles. The van der Waals surface area contributed by atoms with Gasteiger partial charge in [0.05, 0.1) is 9.52 Å². The predicted molar refractivity (Wildman–Crippen MR) is 24.1 cm³/mol. The molecule has 0 N–H and O–H groups in total. The molecule has 2 saturated heterocycles. The summed E-state index contributed by atoms with van der Waals surface area (Å²) < 4.78 is 5.11. The van der Waals surface area contributed by atoms with Gasteiger partial charge in [-0.3, -0.25) is 0 Å². The minimum absolute atomic E-state index is 1.02. The summed E-state index contributed by atoms with van der Waals surface area (Å²) in [6.45, 7) is 2.15. The van der Waals surface area contributed by atoms with Crippen molar-refractivity contribution in [1.82, 2.24) is 0 Å². The van der Waals surface area contributed by atoms with Crippen LogP contribution in [0.5, 0.6) is 0 Å². The van der Waals surface area contributed by atoms with E-state index in [9.17, 15) is 0 Å². The van der Waals surface area contributed by atoms with Crippen molar-refractivity contribution < 1.29 is 4.74 Å². The maximum Gasteiger partial charge on any atom is 0.0507 e. The van der Waals surface area contributed by atoms with Gasteiger partial charge in [-0.15, -0.1) is 0 Å². The van der Waals surface area contributed by atoms with Crippen molar-refractivity contribution in [3.63, 3.8) is 0 Å². The summed E-state index contributed by atoms with van der Waals surface area (Å²) in [5.74, 6) is 0. The van der Waals surface area contributed by atoms with Crippen LogP contribution in [0.15, 0.2) is 0 Å². The Bertz CT molecular complexity index is 65.9. The molecule has 2 aliphatic rings. The molecule has 0 amide bonds. The van der Waals surface area contributed by atoms with Gasteiger partial charge in [-0.25, -0.2) is 0 Å². The lowest BCUT2D eigenvalue weighted by molar-refractivity contribution is 0.193. The maximum atomic E-state index is 5.11. The molecule has 2 rings (SSSR count). The Labute approximate surface area is 39.5 Å². The highest BCUT2D eigenvalue weighted by molar-refractivity contribution is 6.54. The average molecular weight is 98.2 g/mol. The van der Waals surface area contributed by atoms with E-state index in [1.165, 1.54) is 9.52 Å². The van der Waals surface area contributed by atoms with Gasteiger partial charge in [0.25, 0.3) is 0 Å². The Morgan fingerprint density at radius 3 is 2.17 bits per heavy atom. The zero-order valence-electron chi connectivity index (χ0n) is 3.48. The fourth-order valence-electron chi connectivity index (χ4n) is 0.870. The minimum Gasteiger partial charge on any atom is -0.382 e. The van der Waals surface area contributed by atoms with Crippen LogP contribution in [0.4, 0.5) is 0 Å². The van der Waals surface area contributed by atoms with E-state index in [-0.39, 0.29) is 0 Å². The first-order chi connectivity index (χ1) is 2.97. The third kappa shape index (κ3) is 0.284. The van der Waals surface area contributed by atoms with E-state index in [2.05, 4.69) is 0 Å². The van der Waals surface area contributed by atoms with E-state index in [0.717, 1.165) is 24.3 Å². The Morgan fingerprint density at radius 1 is 1.33 bits per heavy atom. The molecular formula is C4H6OSi. The molecule has 0 bridgehead atoms. The molecule has 0 aromatic rings. The smallest absolute Gasteiger partial charge is 0.0507 e. The monoisotopic (exact) mass is 98.0 g/mol. The molecule has 0 saturated carbocycles. The molecule has 2 unspecified atom stereocenters. The summed E-state index contributed by atoms with van der Waals surface area (Å²) in [5, 5.41) is 0. The summed E-state index contributed by atoms with van der Waals surface area (Å²) in [5.41, 5.74) is 2.04. The van der Waals surface area contributed by atoms with Crippen LogP contribution in [-0.2, 0) is 4.74 Å². The Kier molecular flexibility index (Phi) is 0.467. The van der Waals surface area contributed by atoms with Gasteiger partial charge in [-0.2, -0.15) is 0 Å². The first-order valence-electron chi connectivity index (χ1n) is 2.30. The SMILES string of the molecule is C1OCC2[Si]C12. The molecular weight excluding hydrogens is 92.1 g/mol. The molecule has 2 heterocycles. The van der Waals surface area contributed by atoms with E-state index >= 15 is 0 Å². The summed E-state index contributed by atoms with van der Waals surface area (Å²) in [4.78, 5) is 0. The second kappa shape index (κ2) is 0.872. The van der Waals surface area contributed by atoms with Crippen LogP contribution in [0, 0.1) is 0 Å². The van der Waals surface area contributed by atoms with Gasteiger partial charge in [0.15, 0.2) is 0 Å². The van der Waals surface area contributed by atoms with Crippen LogP contribution in [0.2, 0.25) is 11.1 Å². The lowest BCUT2D eigenvalue weighted by Gasteiger charge is -1.86. The first kappa shape index (κ1) is 3.21. The third-order valence-corrected chi connectivity index (χ3v) is 3.01. The molecule has 0 aromatic heterocycles. The van der Waals surface area contributed by atoms with Crippen molar-refractivity contribution in [2.24, 2.45) is 0 Å². The lowest BCUT2D eigenvalue weighted by atomic mass is 10.4. The Hall–Kier alpha value is 0.177. The van der Waals surface area contributed by atoms with E-state index < -0.39 is 0 Å². The highest BCUT2D eigenvalue weighted by atomic mass is 28.2. The van der Waals surface area contributed by atoms with E-state index in [1.807, 2.05) is 0 Å². The molecule has 32 valence electrons. The van der Waals surface area contributed by atoms with Crippen molar-refractivity contribution in [3.05, 3.63) is 0 Å². The third-order valence-electron chi connectivity index (χ3n) is 1.40. The summed E-state index contributed by atoms with van der Waals surface area (Å²) in [6.07, 6.45) is 0. The quantitative estimate of drug-likeness (QED) is 0.396. The standard InChI is InChI=1S/C4H6OSi/c1-3-4(6-3)2-5-1/h3-4H,1-2H2. The predicted octanol–water partition coefficient (Wildman–Crippen LogP) is 0.311. The summed E-state index contributed by atoms with van der Waals surface area (Å²) in [7, 11) is 1.26. The molecule has 0 spiro atoms. The highest BCUT2D eigenvalue weighted by Gasteiger charge is 2.42. The van der Waals surface area contributed by atoms with Gasteiger partial charge in [0, 0.05) is 13.2 Å². The van der Waals surface area contributed by atoms with Crippen LogP contribution in [0.25, 0.3) is 0 Å². The molecule has 2 heteroatoms. The van der Waals surface area contributed by atoms with Crippen LogP contribution in [0.3, 0.4) is 0 Å². The zero-order valence-corrected chi connectivity index (χ0v) is 4.48. The van der Waals surface area contributed by atoms with E-state index in [4.69, 9.17) is 4.74 Å². The molecule has 1 nitrogen and oxygen atoms in total. The van der Waals surface area contributed by atoms with Crippen LogP contribution >= 0.6 is 0 Å². The van der Waals surface area contributed by atoms with Gasteiger partial charge < -0.3 is 4.74 Å². The average Bonchev–Trinajstić information content (AvgIpc) is 2.17. The van der Waals surface area contributed by atoms with E-state index in [0.29, 0.717) is 0 Å². The van der Waals surface area contributed by atoms with Crippen molar-refractivity contribution in [3.8, 4) is 0 Å². The zero-order chi connectivity index (χ0) is 3.98. The van der Waals surface area contributed by atoms with Crippen molar-refractivity contribution in [2.75, 3.05) is 13.2 Å². The van der Waals surface area contributed by atoms with Gasteiger partial charge >= 0.3 is 0 Å². The van der Waals surface area contributed by atoms with Gasteiger partial charge in [-0.05, 0) is 11.1 Å². The Morgan fingerprint density at radius 2 is 2.00 bits per heavy atom. The van der Waals surface area contributed by atoms with Crippen LogP contribution < -0.4 is 0 Å². The number of fused-ring (bicyclic) bond motifs is 1. The highest BCUT2D eigenvalue weighted by Crippen LogP contribution is 2.46. The summed E-state index contributed by atoms with van der Waals surface area (Å²) >= 11 is 0. The fourth-order valence-corrected chi connectivity index (χ4v) is 1.93. The fraction of sp³-hybridized carbons (Fsp3) is 1.00. The molecule has 2 radical (unpaired) electrons. The van der Waals surface area contributed by atoms with Gasteiger partial charge in [0.2, 0.25) is 0 Å². The number of rotatable bonds is 0. The number of ether oxygens (including phenoxy) is 1. The van der Waals surface area contributed by atoms with Crippen molar-refractivity contribution >= 4 is 9.52 Å². The van der Waals surface area contributed by atoms with Crippen LogP contribution in [-0.4, -0.2) is 22.7 Å². The maximum absolute atomic E-state index is 5.11. The molecule has 6 heavy (non-hydrogen) atoms. The van der Waals surface area contributed by atoms with Crippen molar-refractivity contribution in [1.29, 1.82) is 0 Å². The second-order valence-corrected chi connectivity index (χ2v) is 3.73. The largest absolute Gasteiger partial charge is 0.382 e. The van der Waals surface area contributed by atoms with Gasteiger partial charge in [0.1, 0.15) is 0 Å². The minimum atomic E-state index is 1.02. The molecule has 2 atom stereocenters. The second-order valence-electron chi connectivity index (χ2n) is 1.92. The van der Waals surface area contributed by atoms with Gasteiger partial charge in [-0.1, -0.05) is 0 Å².